The number of aromatic nitrogens is 2. The fraction of sp³-hybridized carbons (Fsp3) is 0.692. The smallest absolute Gasteiger partial charge is 0.216 e. The van der Waals surface area contributed by atoms with Gasteiger partial charge in [0.25, 0.3) is 0 Å². The molecule has 4 heteroatoms. The second-order valence-electron chi connectivity index (χ2n) is 4.62. The fourth-order valence-corrected chi connectivity index (χ4v) is 2.07. The summed E-state index contributed by atoms with van der Waals surface area (Å²) in [5.41, 5.74) is 1.04. The van der Waals surface area contributed by atoms with E-state index in [0.717, 1.165) is 24.6 Å². The predicted octanol–water partition coefficient (Wildman–Crippen LogP) is 2.33. The molecule has 4 nitrogen and oxygen atoms in total. The van der Waals surface area contributed by atoms with Crippen LogP contribution < -0.4 is 10.1 Å². The van der Waals surface area contributed by atoms with Crippen LogP contribution in [-0.4, -0.2) is 23.6 Å². The highest BCUT2D eigenvalue weighted by molar-refractivity contribution is 5.16. The summed E-state index contributed by atoms with van der Waals surface area (Å²) < 4.78 is 5.14. The van der Waals surface area contributed by atoms with E-state index in [9.17, 15) is 0 Å². The Morgan fingerprint density at radius 3 is 2.94 bits per heavy atom. The molecule has 94 valence electrons. The molecule has 1 aromatic heterocycles. The maximum atomic E-state index is 5.14. The molecule has 0 bridgehead atoms. The van der Waals surface area contributed by atoms with Gasteiger partial charge in [0.1, 0.15) is 6.33 Å². The molecule has 2 rings (SSSR count). The van der Waals surface area contributed by atoms with E-state index < -0.39 is 0 Å². The van der Waals surface area contributed by atoms with E-state index in [1.807, 2.05) is 6.07 Å². The summed E-state index contributed by atoms with van der Waals surface area (Å²) >= 11 is 0. The molecule has 0 spiro atoms. The van der Waals surface area contributed by atoms with Gasteiger partial charge >= 0.3 is 0 Å². The van der Waals surface area contributed by atoms with Gasteiger partial charge in [0.2, 0.25) is 5.88 Å². The van der Waals surface area contributed by atoms with Crippen molar-refractivity contribution in [3.63, 3.8) is 0 Å². The Balaban J connectivity index is 2.00. The average Bonchev–Trinajstić information content (AvgIpc) is 3.18. The van der Waals surface area contributed by atoms with Crippen LogP contribution in [0.4, 0.5) is 0 Å². The lowest BCUT2D eigenvalue weighted by atomic mass is 10.1. The van der Waals surface area contributed by atoms with Gasteiger partial charge < -0.3 is 10.1 Å². The van der Waals surface area contributed by atoms with Crippen LogP contribution >= 0.6 is 0 Å². The monoisotopic (exact) mass is 235 g/mol. The number of nitrogens with zero attached hydrogens (tertiary/aromatic N) is 2. The van der Waals surface area contributed by atoms with Crippen LogP contribution in [0.3, 0.4) is 0 Å². The van der Waals surface area contributed by atoms with Crippen molar-refractivity contribution in [3.05, 3.63) is 18.1 Å². The molecule has 0 saturated heterocycles. The Bertz CT molecular complexity index is 352. The Morgan fingerprint density at radius 2 is 2.29 bits per heavy atom. The van der Waals surface area contributed by atoms with E-state index in [2.05, 4.69) is 22.2 Å². The first-order chi connectivity index (χ1) is 8.33. The summed E-state index contributed by atoms with van der Waals surface area (Å²) in [5, 5.41) is 3.49. The first-order valence-electron chi connectivity index (χ1n) is 6.42. The number of hydrogen-bond donors (Lipinski definition) is 1. The van der Waals surface area contributed by atoms with Gasteiger partial charge in [-0.1, -0.05) is 19.8 Å². The van der Waals surface area contributed by atoms with E-state index >= 15 is 0 Å². The molecule has 1 aliphatic carbocycles. The van der Waals surface area contributed by atoms with Crippen LogP contribution in [0.2, 0.25) is 0 Å². The van der Waals surface area contributed by atoms with Gasteiger partial charge in [0.05, 0.1) is 12.8 Å². The minimum Gasteiger partial charge on any atom is -0.481 e. The van der Waals surface area contributed by atoms with Crippen molar-refractivity contribution in [2.45, 2.75) is 38.6 Å². The number of ether oxygens (including phenoxy) is 1. The minimum absolute atomic E-state index is 0.331. The van der Waals surface area contributed by atoms with E-state index in [1.165, 1.54) is 19.3 Å². The molecule has 17 heavy (non-hydrogen) atoms. The average molecular weight is 235 g/mol. The zero-order valence-corrected chi connectivity index (χ0v) is 10.6. The maximum Gasteiger partial charge on any atom is 0.216 e. The molecule has 1 unspecified atom stereocenters. The van der Waals surface area contributed by atoms with Crippen molar-refractivity contribution in [2.75, 3.05) is 13.7 Å². The summed E-state index contributed by atoms with van der Waals surface area (Å²) in [6.07, 6.45) is 6.84. The van der Waals surface area contributed by atoms with Gasteiger partial charge in [-0.2, -0.15) is 0 Å². The Labute approximate surface area is 103 Å². The van der Waals surface area contributed by atoms with Crippen LogP contribution in [0.5, 0.6) is 5.88 Å². The summed E-state index contributed by atoms with van der Waals surface area (Å²) in [6.45, 7) is 3.09. The van der Waals surface area contributed by atoms with Gasteiger partial charge in [0.15, 0.2) is 0 Å². The third-order valence-electron chi connectivity index (χ3n) is 3.24. The fourth-order valence-electron chi connectivity index (χ4n) is 2.07. The highest BCUT2D eigenvalue weighted by Crippen LogP contribution is 2.35. The molecule has 1 aromatic rings. The first-order valence-corrected chi connectivity index (χ1v) is 6.42. The lowest BCUT2D eigenvalue weighted by molar-refractivity contribution is 0.392. The van der Waals surface area contributed by atoms with Crippen molar-refractivity contribution in [3.8, 4) is 5.88 Å². The van der Waals surface area contributed by atoms with E-state index in [0.29, 0.717) is 11.9 Å². The zero-order valence-electron chi connectivity index (χ0n) is 10.6. The molecule has 0 aromatic carbocycles. The maximum absolute atomic E-state index is 5.14. The molecule has 1 N–H and O–H groups in total. The van der Waals surface area contributed by atoms with Crippen molar-refractivity contribution in [1.29, 1.82) is 0 Å². The van der Waals surface area contributed by atoms with Crippen LogP contribution in [-0.2, 0) is 0 Å². The third-order valence-corrected chi connectivity index (χ3v) is 3.24. The first kappa shape index (κ1) is 12.3. The van der Waals surface area contributed by atoms with Gasteiger partial charge in [0, 0.05) is 12.1 Å². The quantitative estimate of drug-likeness (QED) is 0.788. The van der Waals surface area contributed by atoms with Crippen molar-refractivity contribution in [1.82, 2.24) is 15.3 Å². The molecule has 0 aliphatic heterocycles. The second kappa shape index (κ2) is 5.96. The molecule has 1 fully saturated rings. The van der Waals surface area contributed by atoms with E-state index in [1.54, 1.807) is 13.4 Å². The summed E-state index contributed by atoms with van der Waals surface area (Å²) in [6, 6.07) is 2.26. The molecule has 1 heterocycles. The van der Waals surface area contributed by atoms with Gasteiger partial charge in [-0.25, -0.2) is 9.97 Å². The number of rotatable bonds is 7. The Morgan fingerprint density at radius 1 is 1.47 bits per heavy atom. The van der Waals surface area contributed by atoms with Crippen LogP contribution in [0.1, 0.15) is 44.3 Å². The molecule has 0 radical (unpaired) electrons. The number of nitrogens with one attached hydrogen (secondary N) is 1. The lowest BCUT2D eigenvalue weighted by Gasteiger charge is -2.17. The molecular weight excluding hydrogens is 214 g/mol. The molecular formula is C13H21N3O. The van der Waals surface area contributed by atoms with Crippen molar-refractivity contribution in [2.24, 2.45) is 5.92 Å². The van der Waals surface area contributed by atoms with Crippen LogP contribution in [0.25, 0.3) is 0 Å². The second-order valence-corrected chi connectivity index (χ2v) is 4.62. The third kappa shape index (κ3) is 3.66. The van der Waals surface area contributed by atoms with Crippen LogP contribution in [0.15, 0.2) is 12.4 Å². The van der Waals surface area contributed by atoms with E-state index in [4.69, 9.17) is 4.74 Å². The van der Waals surface area contributed by atoms with Crippen molar-refractivity contribution < 1.29 is 4.74 Å². The highest BCUT2D eigenvalue weighted by Gasteiger charge is 2.23. The normalized spacial score (nSPS) is 16.8. The summed E-state index contributed by atoms with van der Waals surface area (Å²) in [5.74, 6) is 1.60. The predicted molar refractivity (Wildman–Crippen MR) is 67.0 cm³/mol. The lowest BCUT2D eigenvalue weighted by Crippen LogP contribution is -2.22. The SMILES string of the molecule is CCNC(CCC1CC1)c1cc(OC)ncn1. The number of hydrogen-bond acceptors (Lipinski definition) is 4. The molecule has 1 atom stereocenters. The highest BCUT2D eigenvalue weighted by atomic mass is 16.5. The van der Waals surface area contributed by atoms with Gasteiger partial charge in [-0.05, 0) is 25.3 Å². The Kier molecular flexibility index (Phi) is 4.31. The summed E-state index contributed by atoms with van der Waals surface area (Å²) in [7, 11) is 1.64. The minimum atomic E-state index is 0.331. The van der Waals surface area contributed by atoms with Gasteiger partial charge in [-0.15, -0.1) is 0 Å². The van der Waals surface area contributed by atoms with Gasteiger partial charge in [-0.3, -0.25) is 0 Å². The summed E-state index contributed by atoms with van der Waals surface area (Å²) in [4.78, 5) is 8.40. The number of methoxy groups -OCH3 is 1. The van der Waals surface area contributed by atoms with Crippen LogP contribution in [0, 0.1) is 5.92 Å². The molecule has 0 amide bonds. The van der Waals surface area contributed by atoms with Crippen molar-refractivity contribution >= 4 is 0 Å². The largest absolute Gasteiger partial charge is 0.481 e. The zero-order chi connectivity index (χ0) is 12.1. The molecule has 1 aliphatic rings. The Hall–Kier alpha value is -1.16. The van der Waals surface area contributed by atoms with E-state index in [-0.39, 0.29) is 0 Å². The molecule has 1 saturated carbocycles. The standard InChI is InChI=1S/C13H21N3O/c1-3-14-11(7-6-10-4-5-10)12-8-13(17-2)16-9-15-12/h8-11,14H,3-7H2,1-2H3. The topological polar surface area (TPSA) is 47.0 Å².